The van der Waals surface area contributed by atoms with E-state index >= 15 is 0 Å². The number of rotatable bonds is 0. The number of hydrogen-bond acceptors (Lipinski definition) is 0. The Morgan fingerprint density at radius 1 is 0.750 bits per heavy atom. The van der Waals surface area contributed by atoms with E-state index in [1.807, 2.05) is 0 Å². The van der Waals surface area contributed by atoms with E-state index in [4.69, 9.17) is 38.8 Å². The number of halogens is 5. The van der Waals surface area contributed by atoms with E-state index in [1.165, 1.54) is 0 Å². The van der Waals surface area contributed by atoms with Gasteiger partial charge in [-0.2, -0.15) is 0 Å². The van der Waals surface area contributed by atoms with Crippen molar-refractivity contribution in [3.63, 3.8) is 0 Å². The van der Waals surface area contributed by atoms with Gasteiger partial charge in [-0.05, 0) is 0 Å². The fraction of sp³-hybridized carbons (Fsp3) is 0. The summed E-state index contributed by atoms with van der Waals surface area (Å²) in [6, 6.07) is 0. The Morgan fingerprint density at radius 2 is 0.750 bits per heavy atom. The van der Waals surface area contributed by atoms with Crippen LogP contribution in [0.3, 0.4) is 0 Å². The molecule has 0 fully saturated rings. The summed E-state index contributed by atoms with van der Waals surface area (Å²) in [5.74, 6) is 0. The minimum atomic E-state index is -0.931. The van der Waals surface area contributed by atoms with Crippen LogP contribution in [-0.2, 0) is 30.3 Å². The Labute approximate surface area is 85.9 Å². The molecule has 8 heavy (non-hydrogen) atoms. The Kier molecular flexibility index (Phi) is 70.6. The van der Waals surface area contributed by atoms with Crippen LogP contribution in [0.4, 0.5) is 0 Å². The zero-order chi connectivity index (χ0) is 7.41. The molecule has 0 unspecified atom stereocenters. The van der Waals surface area contributed by atoms with Crippen LogP contribution in [0.15, 0.2) is 0 Å². The average molecular weight is 321 g/mol. The van der Waals surface area contributed by atoms with Crippen molar-refractivity contribution < 1.29 is 30.3 Å². The van der Waals surface area contributed by atoms with Gasteiger partial charge in [0.2, 0.25) is 0 Å². The topological polar surface area (TPSA) is 0 Å². The fourth-order valence-electron chi connectivity index (χ4n) is 0. The average Bonchev–Trinajstić information content (AvgIpc) is 1.75. The first kappa shape index (κ1) is 17.0. The molecule has 0 aliphatic heterocycles. The minimum absolute atomic E-state index is 0.931. The Balaban J connectivity index is -0.0000000483. The van der Waals surface area contributed by atoms with Gasteiger partial charge < -0.3 is 0 Å². The predicted octanol–water partition coefficient (Wildman–Crippen LogP) is 3.65. The van der Waals surface area contributed by atoms with Gasteiger partial charge in [-0.3, -0.25) is 0 Å². The zero-order valence-corrected chi connectivity index (χ0v) is 13.6. The maximum absolute atomic E-state index is 4.95. The third-order valence-electron chi connectivity index (χ3n) is 0. The van der Waals surface area contributed by atoms with Crippen LogP contribution in [-0.4, -0.2) is 0 Å². The van der Waals surface area contributed by atoms with Crippen molar-refractivity contribution in [3.8, 4) is 0 Å². The first-order valence-electron chi connectivity index (χ1n) is 1.29. The second kappa shape index (κ2) is 33.2. The molecule has 0 aromatic carbocycles. The van der Waals surface area contributed by atoms with Crippen LogP contribution in [0, 0.1) is 6.38 Å². The summed E-state index contributed by atoms with van der Waals surface area (Å²) < 4.78 is 0. The van der Waals surface area contributed by atoms with Crippen molar-refractivity contribution in [2.45, 2.75) is 0 Å². The van der Waals surface area contributed by atoms with Gasteiger partial charge >= 0.3 is 69.1 Å². The van der Waals surface area contributed by atoms with Crippen molar-refractivity contribution >= 4 is 50.4 Å². The van der Waals surface area contributed by atoms with Gasteiger partial charge in [0.05, 0.1) is 6.38 Å². The molecule has 0 saturated carbocycles. The van der Waals surface area contributed by atoms with E-state index in [9.17, 15) is 0 Å². The molecule has 0 amide bonds. The van der Waals surface area contributed by atoms with Gasteiger partial charge in [-0.15, -0.1) is 11.6 Å². The van der Waals surface area contributed by atoms with E-state index < -0.39 is 30.3 Å². The van der Waals surface area contributed by atoms with E-state index in [1.54, 1.807) is 0 Å². The second-order valence-corrected chi connectivity index (χ2v) is 9.45. The molecule has 0 heterocycles. The summed E-state index contributed by atoms with van der Waals surface area (Å²) >= 11 is 2.28. The summed E-state index contributed by atoms with van der Waals surface area (Å²) in [4.78, 5) is 0. The maximum atomic E-state index is 4.95. The fourth-order valence-corrected chi connectivity index (χ4v) is 0. The molecular weight excluding hydrogens is 320 g/mol. The molecule has 0 rings (SSSR count). The molecular formula is CHCl5Zn2. The second-order valence-electron chi connectivity index (χ2n) is 0.202. The summed E-state index contributed by atoms with van der Waals surface area (Å²) in [7, 11) is 19.8. The molecule has 0 aliphatic rings. The van der Waals surface area contributed by atoms with E-state index in [-0.39, 0.29) is 0 Å². The zero-order valence-electron chi connectivity index (χ0n) is 3.88. The van der Waals surface area contributed by atoms with Gasteiger partial charge in [-0.1, -0.05) is 0 Å². The Morgan fingerprint density at radius 3 is 0.750 bits per heavy atom. The van der Waals surface area contributed by atoms with Gasteiger partial charge in [0.15, 0.2) is 0 Å². The van der Waals surface area contributed by atoms with E-state index in [2.05, 4.69) is 18.0 Å². The molecule has 7 heteroatoms. The van der Waals surface area contributed by atoms with Crippen LogP contribution in [0.2, 0.25) is 0 Å². The SMILES string of the molecule is [CH]Cl.[Cl][Zn][Cl].[Cl][Zn][Cl]. The van der Waals surface area contributed by atoms with E-state index in [0.717, 1.165) is 0 Å². The summed E-state index contributed by atoms with van der Waals surface area (Å²) in [5, 5.41) is 0. The quantitative estimate of drug-likeness (QED) is 0.598. The molecule has 0 atom stereocenters. The third-order valence-corrected chi connectivity index (χ3v) is 0. The van der Waals surface area contributed by atoms with E-state index in [0.29, 0.717) is 0 Å². The van der Waals surface area contributed by atoms with Gasteiger partial charge in [0, 0.05) is 0 Å². The van der Waals surface area contributed by atoms with Crippen LogP contribution in [0.25, 0.3) is 0 Å². The summed E-state index contributed by atoms with van der Waals surface area (Å²) in [6.45, 7) is 0. The molecule has 0 saturated heterocycles. The van der Waals surface area contributed by atoms with Crippen molar-refractivity contribution in [2.75, 3.05) is 0 Å². The molecule has 44 valence electrons. The molecule has 0 aromatic heterocycles. The van der Waals surface area contributed by atoms with Crippen LogP contribution in [0.1, 0.15) is 0 Å². The normalized spacial score (nSPS) is 3.25. The molecule has 0 N–H and O–H groups in total. The third kappa shape index (κ3) is 70.8. The van der Waals surface area contributed by atoms with Crippen LogP contribution < -0.4 is 0 Å². The molecule has 0 aromatic rings. The van der Waals surface area contributed by atoms with Crippen molar-refractivity contribution in [1.29, 1.82) is 0 Å². The number of hydrogen-bond donors (Lipinski definition) is 0. The molecule has 0 spiro atoms. The van der Waals surface area contributed by atoms with Crippen LogP contribution >= 0.6 is 50.4 Å². The van der Waals surface area contributed by atoms with Gasteiger partial charge in [0.1, 0.15) is 0 Å². The van der Waals surface area contributed by atoms with Gasteiger partial charge in [0.25, 0.3) is 0 Å². The molecule has 0 bridgehead atoms. The van der Waals surface area contributed by atoms with Gasteiger partial charge in [-0.25, -0.2) is 0 Å². The van der Waals surface area contributed by atoms with Crippen molar-refractivity contribution in [1.82, 2.24) is 0 Å². The Bertz CT molecular complexity index is 12.4. The monoisotopic (exact) mass is 316 g/mol. The standard InChI is InChI=1S/CHCl.4ClH.2Zn/c1-2;;;;;;/h1H;4*1H;;/q;;;;;2*+2/p-4. The summed E-state index contributed by atoms with van der Waals surface area (Å²) in [5.41, 5.74) is 0. The first-order valence-corrected chi connectivity index (χ1v) is 17.3. The Hall–Kier alpha value is 2.70. The first-order chi connectivity index (χ1) is 3.83. The van der Waals surface area contributed by atoms with Crippen LogP contribution in [0.5, 0.6) is 0 Å². The molecule has 2 radical (unpaired) electrons. The van der Waals surface area contributed by atoms with Crippen molar-refractivity contribution in [3.05, 3.63) is 6.38 Å². The predicted molar refractivity (Wildman–Crippen MR) is 33.6 cm³/mol. The molecule has 0 aliphatic carbocycles. The van der Waals surface area contributed by atoms with Crippen molar-refractivity contribution in [2.24, 2.45) is 0 Å². The summed E-state index contributed by atoms with van der Waals surface area (Å²) in [6.07, 6.45) is 3.97. The molecule has 0 nitrogen and oxygen atoms in total.